The van der Waals surface area contributed by atoms with Crippen LogP contribution in [-0.2, 0) is 16.2 Å². The first kappa shape index (κ1) is 25.2. The Bertz CT molecular complexity index is 1500. The predicted molar refractivity (Wildman–Crippen MR) is 146 cm³/mol. The van der Waals surface area contributed by atoms with E-state index in [1.807, 2.05) is 24.3 Å². The highest BCUT2D eigenvalue weighted by molar-refractivity contribution is 6.32. The largest absolute Gasteiger partial charge is 0.487 e. The van der Waals surface area contributed by atoms with Crippen molar-refractivity contribution in [2.75, 3.05) is 17.2 Å². The number of nitrogens with one attached hydrogen (secondary N) is 2. The number of rotatable bonds is 8. The number of hydrogen-bond donors (Lipinski definition) is 2. The maximum Gasteiger partial charge on any atom is 0.247 e. The average Bonchev–Trinajstić information content (AvgIpc) is 3.43. The summed E-state index contributed by atoms with van der Waals surface area (Å²) in [5, 5.41) is 7.36. The molecule has 9 nitrogen and oxygen atoms in total. The molecule has 1 atom stereocenters. The number of carbonyl (C=O) groups is 2. The molecule has 0 spiro atoms. The maximum absolute atomic E-state index is 13.0. The zero-order chi connectivity index (χ0) is 26.5. The van der Waals surface area contributed by atoms with Crippen LogP contribution in [0.5, 0.6) is 5.75 Å². The van der Waals surface area contributed by atoms with Crippen LogP contribution in [0.25, 0.3) is 10.9 Å². The van der Waals surface area contributed by atoms with Gasteiger partial charge in [-0.25, -0.2) is 9.97 Å². The number of fused-ring (bicyclic) bond motifs is 1. The molecule has 0 bridgehead atoms. The molecular formula is C28H25ClN6O3. The van der Waals surface area contributed by atoms with Crippen LogP contribution in [0.15, 0.2) is 79.9 Å². The molecule has 3 heterocycles. The van der Waals surface area contributed by atoms with Gasteiger partial charge >= 0.3 is 0 Å². The zero-order valence-corrected chi connectivity index (χ0v) is 21.2. The Morgan fingerprint density at radius 3 is 2.82 bits per heavy atom. The minimum atomic E-state index is -0.526. The molecule has 2 N–H and O–H groups in total. The highest BCUT2D eigenvalue weighted by Crippen LogP contribution is 2.32. The Morgan fingerprint density at radius 2 is 2.03 bits per heavy atom. The van der Waals surface area contributed by atoms with Gasteiger partial charge in [0, 0.05) is 41.3 Å². The number of nitrogens with zero attached hydrogens (tertiary/aromatic N) is 4. The van der Waals surface area contributed by atoms with Gasteiger partial charge in [-0.3, -0.25) is 14.6 Å². The molecule has 1 fully saturated rings. The lowest BCUT2D eigenvalue weighted by atomic mass is 10.1. The van der Waals surface area contributed by atoms with Gasteiger partial charge in [-0.05, 0) is 61.4 Å². The molecule has 1 aliphatic rings. The van der Waals surface area contributed by atoms with Crippen LogP contribution in [0.1, 0.15) is 18.4 Å². The molecule has 192 valence electrons. The molecule has 38 heavy (non-hydrogen) atoms. The summed E-state index contributed by atoms with van der Waals surface area (Å²) in [7, 11) is 0. The Labute approximate surface area is 224 Å². The average molecular weight is 529 g/mol. The SMILES string of the molecule is C=CC(=O)N1CCC[C@H]1C(=O)Nc1ccc2ncnc(Nc3ccc(OCc4cccnc4)c(Cl)c3)c2c1. The summed E-state index contributed by atoms with van der Waals surface area (Å²) in [4.78, 5) is 39.4. The number of likely N-dealkylation sites (tertiary alicyclic amines) is 1. The molecule has 0 unspecified atom stereocenters. The van der Waals surface area contributed by atoms with Crippen LogP contribution >= 0.6 is 11.6 Å². The molecule has 10 heteroatoms. The lowest BCUT2D eigenvalue weighted by Crippen LogP contribution is -2.42. The summed E-state index contributed by atoms with van der Waals surface area (Å²) in [6, 6.07) is 14.0. The number of pyridine rings is 1. The minimum Gasteiger partial charge on any atom is -0.487 e. The predicted octanol–water partition coefficient (Wildman–Crippen LogP) is 5.12. The summed E-state index contributed by atoms with van der Waals surface area (Å²) in [6.45, 7) is 4.42. The molecule has 5 rings (SSSR count). The Kier molecular flexibility index (Phi) is 7.46. The van der Waals surface area contributed by atoms with Crippen molar-refractivity contribution in [2.45, 2.75) is 25.5 Å². The number of amides is 2. The third kappa shape index (κ3) is 5.57. The summed E-state index contributed by atoms with van der Waals surface area (Å²) in [6.07, 6.45) is 7.53. The van der Waals surface area contributed by atoms with Gasteiger partial charge in [-0.15, -0.1) is 0 Å². The Hall–Kier alpha value is -4.50. The van der Waals surface area contributed by atoms with Crippen LogP contribution < -0.4 is 15.4 Å². The quantitative estimate of drug-likeness (QED) is 0.306. The van der Waals surface area contributed by atoms with Crippen molar-refractivity contribution in [3.8, 4) is 5.75 Å². The van der Waals surface area contributed by atoms with Crippen LogP contribution in [0.4, 0.5) is 17.2 Å². The lowest BCUT2D eigenvalue weighted by Gasteiger charge is -2.22. The van der Waals surface area contributed by atoms with Gasteiger partial charge in [0.1, 0.15) is 30.5 Å². The van der Waals surface area contributed by atoms with Crippen LogP contribution in [-0.4, -0.2) is 44.3 Å². The van der Waals surface area contributed by atoms with E-state index in [-0.39, 0.29) is 11.8 Å². The third-order valence-corrected chi connectivity index (χ3v) is 6.52. The molecule has 2 aromatic carbocycles. The summed E-state index contributed by atoms with van der Waals surface area (Å²) < 4.78 is 5.83. The number of ether oxygens (including phenoxy) is 1. The molecular weight excluding hydrogens is 504 g/mol. The molecule has 0 aliphatic carbocycles. The van der Waals surface area contributed by atoms with Crippen molar-refractivity contribution in [3.05, 3.63) is 90.5 Å². The fraction of sp³-hybridized carbons (Fsp3) is 0.179. The first-order chi connectivity index (χ1) is 18.5. The third-order valence-electron chi connectivity index (χ3n) is 6.23. The van der Waals surface area contributed by atoms with E-state index < -0.39 is 6.04 Å². The first-order valence-corrected chi connectivity index (χ1v) is 12.5. The van der Waals surface area contributed by atoms with E-state index in [1.165, 1.54) is 12.4 Å². The molecule has 0 radical (unpaired) electrons. The van der Waals surface area contributed by atoms with Crippen molar-refractivity contribution in [2.24, 2.45) is 0 Å². The number of benzene rings is 2. The standard InChI is InChI=1S/C28H25ClN6O3/c1-2-26(36)35-12-4-6-24(35)28(37)34-19-7-9-23-21(13-19)27(32-17-31-23)33-20-8-10-25(22(29)14-20)38-16-18-5-3-11-30-15-18/h2-3,5,7-11,13-15,17,24H,1,4,6,12,16H2,(H,34,37)(H,31,32,33)/t24-/m0/s1. The van der Waals surface area contributed by atoms with E-state index in [0.717, 1.165) is 12.0 Å². The molecule has 1 saturated heterocycles. The van der Waals surface area contributed by atoms with Gasteiger partial charge in [0.15, 0.2) is 0 Å². The highest BCUT2D eigenvalue weighted by atomic mass is 35.5. The molecule has 4 aromatic rings. The van der Waals surface area contributed by atoms with E-state index in [4.69, 9.17) is 16.3 Å². The molecule has 1 aliphatic heterocycles. The van der Waals surface area contributed by atoms with Gasteiger partial charge in [-0.2, -0.15) is 0 Å². The number of anilines is 3. The van der Waals surface area contributed by atoms with E-state index >= 15 is 0 Å². The first-order valence-electron chi connectivity index (χ1n) is 12.1. The van der Waals surface area contributed by atoms with Gasteiger partial charge in [-0.1, -0.05) is 24.2 Å². The fourth-order valence-electron chi connectivity index (χ4n) is 4.36. The Morgan fingerprint density at radius 1 is 1.16 bits per heavy atom. The Balaban J connectivity index is 1.32. The minimum absolute atomic E-state index is 0.239. The summed E-state index contributed by atoms with van der Waals surface area (Å²) >= 11 is 6.47. The number of carbonyl (C=O) groups excluding carboxylic acids is 2. The van der Waals surface area contributed by atoms with E-state index in [0.29, 0.717) is 58.4 Å². The second-order valence-electron chi connectivity index (χ2n) is 8.76. The van der Waals surface area contributed by atoms with Gasteiger partial charge < -0.3 is 20.3 Å². The van der Waals surface area contributed by atoms with Crippen molar-refractivity contribution >= 4 is 51.5 Å². The topological polar surface area (TPSA) is 109 Å². The maximum atomic E-state index is 13.0. The fourth-order valence-corrected chi connectivity index (χ4v) is 4.59. The van der Waals surface area contributed by atoms with Crippen molar-refractivity contribution < 1.29 is 14.3 Å². The second kappa shape index (κ2) is 11.3. The normalized spacial score (nSPS) is 14.8. The van der Waals surface area contributed by atoms with Crippen LogP contribution in [0, 0.1) is 0 Å². The smallest absolute Gasteiger partial charge is 0.247 e. The van der Waals surface area contributed by atoms with Gasteiger partial charge in [0.2, 0.25) is 11.8 Å². The monoisotopic (exact) mass is 528 g/mol. The molecule has 2 aromatic heterocycles. The molecule has 2 amide bonds. The number of aromatic nitrogens is 3. The van der Waals surface area contributed by atoms with Gasteiger partial charge in [0.25, 0.3) is 0 Å². The number of hydrogen-bond acceptors (Lipinski definition) is 7. The van der Waals surface area contributed by atoms with E-state index in [9.17, 15) is 9.59 Å². The van der Waals surface area contributed by atoms with E-state index in [2.05, 4.69) is 32.2 Å². The van der Waals surface area contributed by atoms with Crippen molar-refractivity contribution in [1.82, 2.24) is 19.9 Å². The zero-order valence-electron chi connectivity index (χ0n) is 20.4. The number of halogens is 1. The molecule has 0 saturated carbocycles. The van der Waals surface area contributed by atoms with E-state index in [1.54, 1.807) is 41.6 Å². The van der Waals surface area contributed by atoms with Crippen molar-refractivity contribution in [1.29, 1.82) is 0 Å². The van der Waals surface area contributed by atoms with Gasteiger partial charge in [0.05, 0.1) is 10.5 Å². The highest BCUT2D eigenvalue weighted by Gasteiger charge is 2.33. The van der Waals surface area contributed by atoms with Crippen LogP contribution in [0.2, 0.25) is 5.02 Å². The summed E-state index contributed by atoms with van der Waals surface area (Å²) in [5.74, 6) is 0.621. The van der Waals surface area contributed by atoms with Crippen molar-refractivity contribution in [3.63, 3.8) is 0 Å². The van der Waals surface area contributed by atoms with Crippen LogP contribution in [0.3, 0.4) is 0 Å². The summed E-state index contributed by atoms with van der Waals surface area (Å²) in [5.41, 5.74) is 2.93. The lowest BCUT2D eigenvalue weighted by molar-refractivity contribution is -0.132. The second-order valence-corrected chi connectivity index (χ2v) is 9.16.